The first-order chi connectivity index (χ1) is 24.0. The fourth-order valence-electron chi connectivity index (χ4n) is 7.18. The Hall–Kier alpha value is -4.97. The fourth-order valence-corrected chi connectivity index (χ4v) is 7.30. The van der Waals surface area contributed by atoms with Crippen molar-refractivity contribution in [2.75, 3.05) is 26.7 Å². The van der Waals surface area contributed by atoms with E-state index in [1.54, 1.807) is 0 Å². The van der Waals surface area contributed by atoms with Gasteiger partial charge in [-0.3, -0.25) is 0 Å². The van der Waals surface area contributed by atoms with Gasteiger partial charge in [-0.05, 0) is 94.6 Å². The van der Waals surface area contributed by atoms with Crippen molar-refractivity contribution < 1.29 is 0 Å². The molecule has 2 aliphatic rings. The van der Waals surface area contributed by atoms with Gasteiger partial charge in [-0.15, -0.1) is 0 Å². The summed E-state index contributed by atoms with van der Waals surface area (Å²) < 4.78 is 0. The average Bonchev–Trinajstić information content (AvgIpc) is 3.41. The molecule has 0 radical (unpaired) electrons. The second-order valence-corrected chi connectivity index (χ2v) is 14.1. The normalized spacial score (nSPS) is 18.1. The molecule has 4 bridgehead atoms. The zero-order valence-electron chi connectivity index (χ0n) is 29.3. The predicted octanol–water partition coefficient (Wildman–Crippen LogP) is 8.92. The van der Waals surface area contributed by atoms with E-state index >= 15 is 0 Å². The molecule has 50 heavy (non-hydrogen) atoms. The summed E-state index contributed by atoms with van der Waals surface area (Å²) in [5.41, 5.74) is 21.6. The third kappa shape index (κ3) is 7.30. The second kappa shape index (κ2) is 14.9. The summed E-state index contributed by atoms with van der Waals surface area (Å²) in [6, 6.07) is 29.9. The number of hydrogen-bond acceptors (Lipinski definition) is 5. The summed E-state index contributed by atoms with van der Waals surface area (Å²) in [7, 11) is 2.08. The molecule has 6 rings (SSSR count). The molecular weight excluding hydrogens is 634 g/mol. The molecule has 0 spiro atoms. The van der Waals surface area contributed by atoms with Gasteiger partial charge in [-0.2, -0.15) is 0 Å². The van der Waals surface area contributed by atoms with Crippen LogP contribution in [-0.2, 0) is 6.42 Å². The van der Waals surface area contributed by atoms with Crippen LogP contribution in [0.25, 0.3) is 28.0 Å². The van der Waals surface area contributed by atoms with Crippen LogP contribution in [0.2, 0.25) is 5.02 Å². The molecule has 3 unspecified atom stereocenters. The summed E-state index contributed by atoms with van der Waals surface area (Å²) in [6.07, 6.45) is 1.73. The van der Waals surface area contributed by atoms with Gasteiger partial charge in [-0.25, -0.2) is 0 Å². The largest absolute Gasteiger partial charge is 0.381 e. The minimum atomic E-state index is -0.186. The fraction of sp³-hybridized carbons (Fsp3) is 0.227. The van der Waals surface area contributed by atoms with Crippen LogP contribution in [0.1, 0.15) is 53.1 Å². The maximum absolute atomic E-state index is 6.14. The van der Waals surface area contributed by atoms with Crippen molar-refractivity contribution in [3.8, 4) is 22.3 Å². The summed E-state index contributed by atoms with van der Waals surface area (Å²) in [6.45, 7) is 25.8. The first-order valence-corrected chi connectivity index (χ1v) is 17.6. The van der Waals surface area contributed by atoms with Crippen molar-refractivity contribution in [3.05, 3.63) is 173 Å². The Morgan fingerprint density at radius 2 is 1.54 bits per heavy atom. The predicted molar refractivity (Wildman–Crippen MR) is 213 cm³/mol. The van der Waals surface area contributed by atoms with Crippen molar-refractivity contribution in [2.45, 2.75) is 37.8 Å². The highest BCUT2D eigenvalue weighted by atomic mass is 35.5. The minimum Gasteiger partial charge on any atom is -0.381 e. The van der Waals surface area contributed by atoms with Crippen molar-refractivity contribution in [1.82, 2.24) is 20.9 Å². The number of halogens is 1. The molecular formula is C44H48ClN5. The molecule has 0 fully saturated rings. The van der Waals surface area contributed by atoms with Crippen molar-refractivity contribution in [2.24, 2.45) is 5.73 Å². The summed E-state index contributed by atoms with van der Waals surface area (Å²) in [5, 5.41) is 11.4. The van der Waals surface area contributed by atoms with E-state index in [0.717, 1.165) is 68.5 Å². The van der Waals surface area contributed by atoms with Crippen LogP contribution in [0, 0.1) is 0 Å². The SMILES string of the molecule is C=C1CNC(=C)C(N(C)C(=C)CNC(=C)c2ccc(-c3ccc(Cl)cc3)cc2)c2ccc3c(c2)-c2cc(ccc2C3CCN)CC(C(=C)C)N1. The van der Waals surface area contributed by atoms with E-state index in [1.807, 2.05) is 24.3 Å². The Labute approximate surface area is 302 Å². The van der Waals surface area contributed by atoms with Gasteiger partial charge in [0.15, 0.2) is 0 Å². The number of nitrogens with one attached hydrogen (secondary N) is 3. The monoisotopic (exact) mass is 681 g/mol. The highest BCUT2D eigenvalue weighted by Crippen LogP contribution is 2.48. The van der Waals surface area contributed by atoms with Crippen molar-refractivity contribution in [3.63, 3.8) is 0 Å². The molecule has 0 aromatic heterocycles. The molecule has 0 amide bonds. The van der Waals surface area contributed by atoms with E-state index in [0.29, 0.717) is 19.6 Å². The van der Waals surface area contributed by atoms with Crippen LogP contribution in [0.15, 0.2) is 140 Å². The maximum Gasteiger partial charge on any atom is 0.0929 e. The lowest BCUT2D eigenvalue weighted by atomic mass is 9.91. The number of nitrogens with two attached hydrogens (primary N) is 1. The Balaban J connectivity index is 1.26. The molecule has 5 N–H and O–H groups in total. The van der Waals surface area contributed by atoms with Gasteiger partial charge in [0.1, 0.15) is 0 Å². The van der Waals surface area contributed by atoms with E-state index in [9.17, 15) is 0 Å². The Morgan fingerprint density at radius 1 is 0.900 bits per heavy atom. The van der Waals surface area contributed by atoms with E-state index in [-0.39, 0.29) is 18.0 Å². The molecule has 4 aromatic rings. The van der Waals surface area contributed by atoms with Crippen LogP contribution in [0.4, 0.5) is 0 Å². The smallest absolute Gasteiger partial charge is 0.0929 e. The van der Waals surface area contributed by atoms with Gasteiger partial charge in [0.25, 0.3) is 0 Å². The number of hydrogen-bond donors (Lipinski definition) is 4. The Morgan fingerprint density at radius 3 is 2.20 bits per heavy atom. The molecule has 0 saturated carbocycles. The topological polar surface area (TPSA) is 65.3 Å². The number of likely N-dealkylation sites (N-methyl/N-ethyl adjacent to an activating group) is 1. The van der Waals surface area contributed by atoms with Gasteiger partial charge in [0.2, 0.25) is 0 Å². The van der Waals surface area contributed by atoms with Crippen LogP contribution in [0.5, 0.6) is 0 Å². The molecule has 0 saturated heterocycles. The summed E-state index contributed by atoms with van der Waals surface area (Å²) in [5.74, 6) is 0.279. The standard InChI is InChI=1S/C44H48ClN5/c1-27(2)43-23-32-8-18-38-40(20-21-46)39-19-15-36(24-42(39)41(38)22-32)44(31(6)47-25-28(3)49-43)50(7)29(4)26-48-30(5)33-9-11-34(12-10-33)35-13-16-37(45)17-14-35/h8-19,22,24,40,43-44,47-49H,1,3-6,20-21,23,25-26,46H2,2,7H3. The van der Waals surface area contributed by atoms with E-state index < -0.39 is 0 Å². The van der Waals surface area contributed by atoms with E-state index in [4.69, 9.17) is 17.3 Å². The van der Waals surface area contributed by atoms with Gasteiger partial charge in [0, 0.05) is 40.8 Å². The molecule has 256 valence electrons. The van der Waals surface area contributed by atoms with Crippen LogP contribution < -0.4 is 21.7 Å². The second-order valence-electron chi connectivity index (χ2n) is 13.6. The number of fused-ring (bicyclic) bond motifs is 2. The molecule has 4 aromatic carbocycles. The summed E-state index contributed by atoms with van der Waals surface area (Å²) in [4.78, 5) is 2.20. The molecule has 1 aliphatic heterocycles. The first kappa shape index (κ1) is 34.9. The van der Waals surface area contributed by atoms with Crippen molar-refractivity contribution >= 4 is 17.3 Å². The molecule has 3 atom stereocenters. The highest BCUT2D eigenvalue weighted by Gasteiger charge is 2.31. The summed E-state index contributed by atoms with van der Waals surface area (Å²) >= 11 is 6.08. The zero-order chi connectivity index (χ0) is 35.5. The zero-order valence-corrected chi connectivity index (χ0v) is 30.0. The van der Waals surface area contributed by atoms with Gasteiger partial charge in [-0.1, -0.05) is 117 Å². The lowest BCUT2D eigenvalue weighted by molar-refractivity contribution is 0.330. The van der Waals surface area contributed by atoms with E-state index in [1.165, 1.54) is 27.8 Å². The van der Waals surface area contributed by atoms with E-state index in [2.05, 4.69) is 128 Å². The molecule has 5 nitrogen and oxygen atoms in total. The Kier molecular flexibility index (Phi) is 10.4. The van der Waals surface area contributed by atoms with Gasteiger partial charge < -0.3 is 26.6 Å². The quantitative estimate of drug-likeness (QED) is 0.126. The maximum atomic E-state index is 6.14. The number of benzene rings is 4. The molecule has 6 heteroatoms. The first-order valence-electron chi connectivity index (χ1n) is 17.2. The number of nitrogens with zero attached hydrogens (tertiary/aromatic N) is 1. The lowest BCUT2D eigenvalue weighted by Gasteiger charge is -2.35. The third-order valence-electron chi connectivity index (χ3n) is 10.1. The lowest BCUT2D eigenvalue weighted by Crippen LogP contribution is -2.37. The van der Waals surface area contributed by atoms with Crippen molar-refractivity contribution in [1.29, 1.82) is 0 Å². The van der Waals surface area contributed by atoms with Crippen LogP contribution >= 0.6 is 11.6 Å². The average molecular weight is 682 g/mol. The Bertz CT molecular complexity index is 1960. The highest BCUT2D eigenvalue weighted by molar-refractivity contribution is 6.30. The molecule has 1 heterocycles. The van der Waals surface area contributed by atoms with Crippen LogP contribution in [0.3, 0.4) is 0 Å². The minimum absolute atomic E-state index is 0.0664. The van der Waals surface area contributed by atoms with Gasteiger partial charge >= 0.3 is 0 Å². The van der Waals surface area contributed by atoms with Crippen LogP contribution in [-0.4, -0.2) is 37.6 Å². The third-order valence-corrected chi connectivity index (χ3v) is 10.3. The van der Waals surface area contributed by atoms with Gasteiger partial charge in [0.05, 0.1) is 25.2 Å². The molecule has 1 aliphatic carbocycles. The number of rotatable bonds is 10.